The predicted molar refractivity (Wildman–Crippen MR) is 111 cm³/mol. The van der Waals surface area contributed by atoms with Crippen LogP contribution in [0, 0.1) is 0 Å². The summed E-state index contributed by atoms with van der Waals surface area (Å²) in [6.45, 7) is 1.70. The van der Waals surface area contributed by atoms with E-state index < -0.39 is 5.97 Å². The smallest absolute Gasteiger partial charge is 0.308 e. The number of carbonyl (C=O) groups is 1. The maximum absolute atomic E-state index is 11.6. The molecule has 0 unspecified atom stereocenters. The van der Waals surface area contributed by atoms with Crippen molar-refractivity contribution >= 4 is 28.4 Å². The Balaban J connectivity index is 1.71. The van der Waals surface area contributed by atoms with E-state index in [1.807, 2.05) is 60.7 Å². The summed E-state index contributed by atoms with van der Waals surface area (Å²) in [6.07, 6.45) is 1.49. The molecule has 1 aromatic heterocycles. The number of nitrogens with zero attached hydrogens (tertiary/aromatic N) is 2. The Morgan fingerprint density at radius 2 is 1.66 bits per heavy atom. The lowest BCUT2D eigenvalue weighted by Gasteiger charge is -2.14. The van der Waals surface area contributed by atoms with Crippen LogP contribution in [0.4, 0.5) is 11.5 Å². The maximum atomic E-state index is 11.6. The zero-order valence-electron chi connectivity index (χ0n) is 15.8. The molecule has 0 radical (unpaired) electrons. The van der Waals surface area contributed by atoms with Crippen molar-refractivity contribution in [2.75, 3.05) is 5.32 Å². The Morgan fingerprint density at radius 3 is 2.38 bits per heavy atom. The van der Waals surface area contributed by atoms with Gasteiger partial charge in [0.25, 0.3) is 0 Å². The summed E-state index contributed by atoms with van der Waals surface area (Å²) < 4.78 is 11.3. The number of nitrogens with one attached hydrogen (secondary N) is 1. The van der Waals surface area contributed by atoms with Crippen LogP contribution >= 0.6 is 0 Å². The van der Waals surface area contributed by atoms with Crippen LogP contribution in [0.1, 0.15) is 12.5 Å². The second-order valence-electron chi connectivity index (χ2n) is 6.40. The van der Waals surface area contributed by atoms with Crippen molar-refractivity contribution in [1.82, 2.24) is 9.97 Å². The summed E-state index contributed by atoms with van der Waals surface area (Å²) in [5.41, 5.74) is 2.58. The fraction of sp³-hybridized carbons (Fsp3) is 0.0870. The average molecular weight is 385 g/mol. The topological polar surface area (TPSA) is 73.3 Å². The number of hydrogen-bond acceptors (Lipinski definition) is 6. The van der Waals surface area contributed by atoms with Gasteiger partial charge in [0.1, 0.15) is 18.8 Å². The van der Waals surface area contributed by atoms with Gasteiger partial charge in [-0.3, -0.25) is 4.79 Å². The van der Waals surface area contributed by atoms with Gasteiger partial charge in [-0.1, -0.05) is 48.5 Å². The molecule has 0 bridgehead atoms. The second kappa shape index (κ2) is 8.39. The van der Waals surface area contributed by atoms with Gasteiger partial charge in [-0.05, 0) is 23.8 Å². The molecule has 29 heavy (non-hydrogen) atoms. The molecule has 0 aliphatic heterocycles. The van der Waals surface area contributed by atoms with Gasteiger partial charge in [0, 0.05) is 24.1 Å². The second-order valence-corrected chi connectivity index (χ2v) is 6.40. The number of anilines is 2. The molecular formula is C23H19N3O3. The molecule has 0 fully saturated rings. The molecule has 6 nitrogen and oxygen atoms in total. The van der Waals surface area contributed by atoms with Gasteiger partial charge in [-0.25, -0.2) is 9.97 Å². The number of benzene rings is 3. The first-order valence-electron chi connectivity index (χ1n) is 9.15. The highest BCUT2D eigenvalue weighted by Crippen LogP contribution is 2.35. The minimum atomic E-state index is -0.427. The van der Waals surface area contributed by atoms with Crippen molar-refractivity contribution in [3.63, 3.8) is 0 Å². The zero-order chi connectivity index (χ0) is 20.1. The molecule has 0 amide bonds. The van der Waals surface area contributed by atoms with Gasteiger partial charge in [0.2, 0.25) is 0 Å². The van der Waals surface area contributed by atoms with Crippen LogP contribution in [0.2, 0.25) is 0 Å². The largest absolute Gasteiger partial charge is 0.485 e. The minimum absolute atomic E-state index is 0.326. The SMILES string of the molecule is CC(=O)Oc1cc2c(Nc3ccccc3)ncnc2cc1OCc1ccccc1. The lowest BCUT2D eigenvalue weighted by Crippen LogP contribution is -2.05. The van der Waals surface area contributed by atoms with Gasteiger partial charge in [-0.2, -0.15) is 0 Å². The highest BCUT2D eigenvalue weighted by molar-refractivity contribution is 5.93. The van der Waals surface area contributed by atoms with Gasteiger partial charge < -0.3 is 14.8 Å². The number of hydrogen-bond donors (Lipinski definition) is 1. The van der Waals surface area contributed by atoms with Crippen LogP contribution in [0.3, 0.4) is 0 Å². The summed E-state index contributed by atoms with van der Waals surface area (Å²) >= 11 is 0. The Bertz CT molecular complexity index is 1130. The van der Waals surface area contributed by atoms with E-state index in [1.54, 1.807) is 12.1 Å². The highest BCUT2D eigenvalue weighted by Gasteiger charge is 2.14. The third kappa shape index (κ3) is 4.50. The molecule has 4 rings (SSSR count). The summed E-state index contributed by atoms with van der Waals surface area (Å²) in [6, 6.07) is 23.0. The molecule has 0 aliphatic carbocycles. The van der Waals surface area contributed by atoms with Crippen LogP contribution in [0.25, 0.3) is 10.9 Å². The minimum Gasteiger partial charge on any atom is -0.485 e. The first-order chi connectivity index (χ1) is 14.2. The van der Waals surface area contributed by atoms with Crippen LogP contribution in [-0.4, -0.2) is 15.9 Å². The number of ether oxygens (including phenoxy) is 2. The molecule has 144 valence electrons. The van der Waals surface area contributed by atoms with E-state index in [2.05, 4.69) is 15.3 Å². The number of aromatic nitrogens is 2. The molecule has 0 spiro atoms. The van der Waals surface area contributed by atoms with Crippen molar-refractivity contribution in [2.24, 2.45) is 0 Å². The fourth-order valence-electron chi connectivity index (χ4n) is 2.90. The van der Waals surface area contributed by atoms with Crippen molar-refractivity contribution in [3.8, 4) is 11.5 Å². The Labute approximate surface area is 168 Å². The van der Waals surface area contributed by atoms with Crippen molar-refractivity contribution in [3.05, 3.63) is 84.7 Å². The first kappa shape index (κ1) is 18.4. The Hall–Kier alpha value is -3.93. The molecule has 1 N–H and O–H groups in total. The van der Waals surface area contributed by atoms with E-state index in [-0.39, 0.29) is 0 Å². The molecule has 3 aromatic carbocycles. The van der Waals surface area contributed by atoms with E-state index in [9.17, 15) is 4.79 Å². The standard InChI is InChI=1S/C23H19N3O3/c1-16(27)29-22-12-19-20(13-21(22)28-14-17-8-4-2-5-9-17)24-15-25-23(19)26-18-10-6-3-7-11-18/h2-13,15H,14H2,1H3,(H,24,25,26). The zero-order valence-corrected chi connectivity index (χ0v) is 15.8. The van der Waals surface area contributed by atoms with Crippen LogP contribution in [-0.2, 0) is 11.4 Å². The Morgan fingerprint density at radius 1 is 0.931 bits per heavy atom. The molecule has 0 atom stereocenters. The normalized spacial score (nSPS) is 10.5. The van der Waals surface area contributed by atoms with Crippen molar-refractivity contribution in [2.45, 2.75) is 13.5 Å². The monoisotopic (exact) mass is 385 g/mol. The fourth-order valence-corrected chi connectivity index (χ4v) is 2.90. The summed E-state index contributed by atoms with van der Waals surface area (Å²) in [4.78, 5) is 20.3. The molecule has 0 saturated carbocycles. The van der Waals surface area contributed by atoms with E-state index >= 15 is 0 Å². The quantitative estimate of drug-likeness (QED) is 0.377. The van der Waals surface area contributed by atoms with Crippen LogP contribution in [0.5, 0.6) is 11.5 Å². The highest BCUT2D eigenvalue weighted by atomic mass is 16.6. The third-order valence-electron chi connectivity index (χ3n) is 4.23. The van der Waals surface area contributed by atoms with Crippen molar-refractivity contribution in [1.29, 1.82) is 0 Å². The number of rotatable bonds is 6. The number of para-hydroxylation sites is 1. The molecule has 0 saturated heterocycles. The molecule has 4 aromatic rings. The van der Waals surface area contributed by atoms with Gasteiger partial charge in [-0.15, -0.1) is 0 Å². The summed E-state index contributed by atoms with van der Waals surface area (Å²) in [7, 11) is 0. The number of esters is 1. The molecule has 0 aliphatic rings. The molecule has 1 heterocycles. The lowest BCUT2D eigenvalue weighted by molar-refractivity contribution is -0.132. The van der Waals surface area contributed by atoms with Gasteiger partial charge in [0.15, 0.2) is 11.5 Å². The maximum Gasteiger partial charge on any atom is 0.308 e. The van der Waals surface area contributed by atoms with E-state index in [1.165, 1.54) is 13.3 Å². The number of fused-ring (bicyclic) bond motifs is 1. The van der Waals surface area contributed by atoms with Crippen LogP contribution < -0.4 is 14.8 Å². The van der Waals surface area contributed by atoms with E-state index in [4.69, 9.17) is 9.47 Å². The van der Waals surface area contributed by atoms with Gasteiger partial charge in [0.05, 0.1) is 5.52 Å². The van der Waals surface area contributed by atoms with E-state index in [0.717, 1.165) is 16.6 Å². The average Bonchev–Trinajstić information content (AvgIpc) is 2.74. The predicted octanol–water partition coefficient (Wildman–Crippen LogP) is 4.88. The van der Waals surface area contributed by atoms with E-state index in [0.29, 0.717) is 29.4 Å². The molecule has 6 heteroatoms. The summed E-state index contributed by atoms with van der Waals surface area (Å²) in [5.74, 6) is 0.959. The molecular weight excluding hydrogens is 366 g/mol. The third-order valence-corrected chi connectivity index (χ3v) is 4.23. The summed E-state index contributed by atoms with van der Waals surface area (Å²) in [5, 5.41) is 3.99. The van der Waals surface area contributed by atoms with Gasteiger partial charge >= 0.3 is 5.97 Å². The lowest BCUT2D eigenvalue weighted by atomic mass is 10.2. The first-order valence-corrected chi connectivity index (χ1v) is 9.15. The van der Waals surface area contributed by atoms with Crippen molar-refractivity contribution < 1.29 is 14.3 Å². The van der Waals surface area contributed by atoms with Crippen LogP contribution in [0.15, 0.2) is 79.1 Å². The Kier molecular flexibility index (Phi) is 5.33. The number of carbonyl (C=O) groups excluding carboxylic acids is 1.